The van der Waals surface area contributed by atoms with Crippen molar-refractivity contribution in [3.05, 3.63) is 71.8 Å². The number of carbonyl (C=O) groups is 1. The first-order valence-corrected chi connectivity index (χ1v) is 7.87. The van der Waals surface area contributed by atoms with Gasteiger partial charge in [-0.1, -0.05) is 60.7 Å². The number of aliphatic hydroxyl groups excluding tert-OH is 1. The van der Waals surface area contributed by atoms with E-state index in [1.54, 1.807) is 6.92 Å². The molecule has 4 heteroatoms. The van der Waals surface area contributed by atoms with Crippen LogP contribution in [0, 0.1) is 0 Å². The first-order valence-electron chi connectivity index (χ1n) is 7.87. The Balaban J connectivity index is 2.03. The van der Waals surface area contributed by atoms with Crippen molar-refractivity contribution in [3.8, 4) is 0 Å². The molecular weight excluding hydrogens is 290 g/mol. The summed E-state index contributed by atoms with van der Waals surface area (Å²) in [7, 11) is 0. The summed E-state index contributed by atoms with van der Waals surface area (Å²) in [5.41, 5.74) is 2.23. The van der Waals surface area contributed by atoms with E-state index >= 15 is 0 Å². The topological polar surface area (TPSA) is 58.6 Å². The SMILES string of the molecule is CCOC(=O)CC(O)CNC(c1ccccc1)c1ccccc1. The molecule has 2 rings (SSSR count). The smallest absolute Gasteiger partial charge is 0.308 e. The molecule has 0 aromatic heterocycles. The van der Waals surface area contributed by atoms with E-state index in [1.807, 2.05) is 60.7 Å². The van der Waals surface area contributed by atoms with Crippen LogP contribution in [0.4, 0.5) is 0 Å². The van der Waals surface area contributed by atoms with Crippen LogP contribution >= 0.6 is 0 Å². The van der Waals surface area contributed by atoms with Crippen molar-refractivity contribution in [2.45, 2.75) is 25.5 Å². The van der Waals surface area contributed by atoms with Crippen LogP contribution in [-0.2, 0) is 9.53 Å². The van der Waals surface area contributed by atoms with Crippen molar-refractivity contribution in [3.63, 3.8) is 0 Å². The molecule has 2 aromatic carbocycles. The molecule has 0 aliphatic rings. The maximum absolute atomic E-state index is 11.4. The van der Waals surface area contributed by atoms with Gasteiger partial charge in [0.05, 0.1) is 25.2 Å². The Bertz CT molecular complexity index is 547. The van der Waals surface area contributed by atoms with E-state index in [0.29, 0.717) is 13.2 Å². The Kier molecular flexibility index (Phi) is 6.78. The van der Waals surface area contributed by atoms with Gasteiger partial charge in [-0.3, -0.25) is 4.79 Å². The van der Waals surface area contributed by atoms with Gasteiger partial charge in [0, 0.05) is 6.54 Å². The monoisotopic (exact) mass is 313 g/mol. The second-order valence-electron chi connectivity index (χ2n) is 5.33. The summed E-state index contributed by atoms with van der Waals surface area (Å²) in [6, 6.07) is 20.0. The highest BCUT2D eigenvalue weighted by Crippen LogP contribution is 2.21. The third kappa shape index (κ3) is 5.51. The summed E-state index contributed by atoms with van der Waals surface area (Å²) in [5, 5.41) is 13.4. The zero-order valence-electron chi connectivity index (χ0n) is 13.3. The quantitative estimate of drug-likeness (QED) is 0.736. The van der Waals surface area contributed by atoms with E-state index in [-0.39, 0.29) is 18.4 Å². The van der Waals surface area contributed by atoms with Crippen molar-refractivity contribution >= 4 is 5.97 Å². The zero-order valence-corrected chi connectivity index (χ0v) is 13.3. The summed E-state index contributed by atoms with van der Waals surface area (Å²) in [6.07, 6.45) is -0.777. The molecule has 0 radical (unpaired) electrons. The van der Waals surface area contributed by atoms with Gasteiger partial charge in [0.2, 0.25) is 0 Å². The molecule has 1 atom stereocenters. The molecule has 0 bridgehead atoms. The highest BCUT2D eigenvalue weighted by molar-refractivity contribution is 5.69. The van der Waals surface area contributed by atoms with Crippen LogP contribution in [0.25, 0.3) is 0 Å². The van der Waals surface area contributed by atoms with Gasteiger partial charge in [-0.15, -0.1) is 0 Å². The zero-order chi connectivity index (χ0) is 16.5. The maximum atomic E-state index is 11.4. The van der Waals surface area contributed by atoms with Gasteiger partial charge in [0.15, 0.2) is 0 Å². The molecule has 4 nitrogen and oxygen atoms in total. The predicted molar refractivity (Wildman–Crippen MR) is 90.0 cm³/mol. The highest BCUT2D eigenvalue weighted by atomic mass is 16.5. The largest absolute Gasteiger partial charge is 0.466 e. The maximum Gasteiger partial charge on any atom is 0.308 e. The standard InChI is InChI=1S/C19H23NO3/c1-2-23-18(22)13-17(21)14-20-19(15-9-5-3-6-10-15)16-11-7-4-8-12-16/h3-12,17,19-21H,2,13-14H2,1H3. The summed E-state index contributed by atoms with van der Waals surface area (Å²) in [6.45, 7) is 2.40. The second kappa shape index (κ2) is 9.08. The molecule has 0 saturated carbocycles. The van der Waals surface area contributed by atoms with E-state index in [2.05, 4.69) is 5.32 Å². The van der Waals surface area contributed by atoms with Crippen LogP contribution in [0.2, 0.25) is 0 Å². The van der Waals surface area contributed by atoms with E-state index in [1.165, 1.54) is 0 Å². The van der Waals surface area contributed by atoms with Crippen molar-refractivity contribution < 1.29 is 14.6 Å². The Morgan fingerprint density at radius 2 is 1.57 bits per heavy atom. The van der Waals surface area contributed by atoms with Crippen LogP contribution in [0.15, 0.2) is 60.7 Å². The number of benzene rings is 2. The highest BCUT2D eigenvalue weighted by Gasteiger charge is 2.17. The molecule has 23 heavy (non-hydrogen) atoms. The minimum atomic E-state index is -0.774. The minimum absolute atomic E-state index is 0.00284. The summed E-state index contributed by atoms with van der Waals surface area (Å²) < 4.78 is 4.86. The third-order valence-corrected chi connectivity index (χ3v) is 3.53. The molecular formula is C19H23NO3. The second-order valence-corrected chi connectivity index (χ2v) is 5.33. The van der Waals surface area contributed by atoms with Gasteiger partial charge < -0.3 is 15.2 Å². The molecule has 0 spiro atoms. The van der Waals surface area contributed by atoms with Gasteiger partial charge in [0.25, 0.3) is 0 Å². The van der Waals surface area contributed by atoms with Gasteiger partial charge in [-0.25, -0.2) is 0 Å². The van der Waals surface area contributed by atoms with Crippen LogP contribution in [0.1, 0.15) is 30.5 Å². The average Bonchev–Trinajstić information content (AvgIpc) is 2.57. The number of hydrogen-bond donors (Lipinski definition) is 2. The molecule has 0 saturated heterocycles. The van der Waals surface area contributed by atoms with Crippen LogP contribution in [0.5, 0.6) is 0 Å². The number of nitrogens with one attached hydrogen (secondary N) is 1. The first-order chi connectivity index (χ1) is 11.2. The van der Waals surface area contributed by atoms with Gasteiger partial charge in [-0.05, 0) is 18.1 Å². The Morgan fingerprint density at radius 1 is 1.04 bits per heavy atom. The Hall–Kier alpha value is -2.17. The number of carbonyl (C=O) groups excluding carboxylic acids is 1. The molecule has 0 fully saturated rings. The minimum Gasteiger partial charge on any atom is -0.466 e. The fraction of sp³-hybridized carbons (Fsp3) is 0.316. The molecule has 1 unspecified atom stereocenters. The summed E-state index contributed by atoms with van der Waals surface area (Å²) in [5.74, 6) is -0.377. The van der Waals surface area contributed by atoms with Crippen molar-refractivity contribution in [1.29, 1.82) is 0 Å². The van der Waals surface area contributed by atoms with E-state index < -0.39 is 6.10 Å². The summed E-state index contributed by atoms with van der Waals surface area (Å²) >= 11 is 0. The third-order valence-electron chi connectivity index (χ3n) is 3.53. The van der Waals surface area contributed by atoms with Crippen molar-refractivity contribution in [2.24, 2.45) is 0 Å². The normalized spacial score (nSPS) is 12.1. The number of esters is 1. The van der Waals surface area contributed by atoms with Gasteiger partial charge in [-0.2, -0.15) is 0 Å². The molecule has 0 heterocycles. The first kappa shape index (κ1) is 17.2. The van der Waals surface area contributed by atoms with E-state index in [9.17, 15) is 9.90 Å². The average molecular weight is 313 g/mol. The van der Waals surface area contributed by atoms with Gasteiger partial charge in [0.1, 0.15) is 0 Å². The molecule has 2 N–H and O–H groups in total. The van der Waals surface area contributed by atoms with Crippen molar-refractivity contribution in [2.75, 3.05) is 13.2 Å². The lowest BCUT2D eigenvalue weighted by atomic mass is 9.98. The molecule has 122 valence electrons. The van der Waals surface area contributed by atoms with Crippen LogP contribution < -0.4 is 5.32 Å². The molecule has 0 aliphatic carbocycles. The number of hydrogen-bond acceptors (Lipinski definition) is 4. The van der Waals surface area contributed by atoms with Crippen LogP contribution in [-0.4, -0.2) is 30.3 Å². The van der Waals surface area contributed by atoms with E-state index in [0.717, 1.165) is 11.1 Å². The lowest BCUT2D eigenvalue weighted by Gasteiger charge is -2.21. The molecule has 2 aromatic rings. The van der Waals surface area contributed by atoms with E-state index in [4.69, 9.17) is 4.74 Å². The predicted octanol–water partition coefficient (Wildman–Crippen LogP) is 2.68. The fourth-order valence-electron chi connectivity index (χ4n) is 2.46. The Labute approximate surface area is 137 Å². The number of rotatable bonds is 8. The lowest BCUT2D eigenvalue weighted by molar-refractivity contribution is -0.145. The number of ether oxygens (including phenoxy) is 1. The van der Waals surface area contributed by atoms with Crippen LogP contribution in [0.3, 0.4) is 0 Å². The van der Waals surface area contributed by atoms with Gasteiger partial charge >= 0.3 is 5.97 Å². The number of aliphatic hydroxyl groups is 1. The molecule has 0 amide bonds. The summed E-state index contributed by atoms with van der Waals surface area (Å²) in [4.78, 5) is 11.4. The Morgan fingerprint density at radius 3 is 2.04 bits per heavy atom. The molecule has 0 aliphatic heterocycles. The lowest BCUT2D eigenvalue weighted by Crippen LogP contribution is -2.32. The fourth-order valence-corrected chi connectivity index (χ4v) is 2.46. The van der Waals surface area contributed by atoms with Crippen molar-refractivity contribution in [1.82, 2.24) is 5.32 Å².